The van der Waals surface area contributed by atoms with Crippen molar-refractivity contribution in [3.8, 4) is 0 Å². The molecular formula is C21H26N4O4. The number of nitrogens with zero attached hydrogens (tertiary/aromatic N) is 4. The molecule has 0 bridgehead atoms. The summed E-state index contributed by atoms with van der Waals surface area (Å²) >= 11 is 0. The molecule has 2 aliphatic heterocycles. The van der Waals surface area contributed by atoms with Crippen LogP contribution in [-0.2, 0) is 0 Å². The number of furan rings is 1. The van der Waals surface area contributed by atoms with Gasteiger partial charge in [0.15, 0.2) is 5.76 Å². The minimum Gasteiger partial charge on any atom is -0.459 e. The Hall–Kier alpha value is -2.87. The molecule has 8 nitrogen and oxygen atoms in total. The number of carbonyl (C=O) groups is 2. The van der Waals surface area contributed by atoms with E-state index >= 15 is 0 Å². The summed E-state index contributed by atoms with van der Waals surface area (Å²) in [6.07, 6.45) is 2.38. The minimum atomic E-state index is -0.325. The highest BCUT2D eigenvalue weighted by molar-refractivity contribution is 5.99. The number of amides is 2. The molecule has 0 aromatic carbocycles. The van der Waals surface area contributed by atoms with Crippen LogP contribution >= 0.6 is 0 Å². The maximum Gasteiger partial charge on any atom is 0.289 e. The number of likely N-dealkylation sites (tertiary alicyclic amines) is 1. The van der Waals surface area contributed by atoms with E-state index < -0.39 is 0 Å². The van der Waals surface area contributed by atoms with Crippen LogP contribution < -0.4 is 4.90 Å². The lowest BCUT2D eigenvalue weighted by molar-refractivity contribution is 0.0545. The Balaban J connectivity index is 1.48. The van der Waals surface area contributed by atoms with E-state index in [1.807, 2.05) is 19.1 Å². The Morgan fingerprint density at radius 3 is 2.34 bits per heavy atom. The second-order valence-corrected chi connectivity index (χ2v) is 7.60. The van der Waals surface area contributed by atoms with E-state index in [2.05, 4.69) is 9.88 Å². The van der Waals surface area contributed by atoms with E-state index in [9.17, 15) is 14.7 Å². The summed E-state index contributed by atoms with van der Waals surface area (Å²) < 4.78 is 5.22. The van der Waals surface area contributed by atoms with Crippen molar-refractivity contribution in [1.82, 2.24) is 14.8 Å². The Morgan fingerprint density at radius 1 is 1.00 bits per heavy atom. The number of aliphatic hydroxyl groups excluding tert-OH is 1. The van der Waals surface area contributed by atoms with Gasteiger partial charge in [-0.2, -0.15) is 0 Å². The lowest BCUT2D eigenvalue weighted by atomic mass is 10.1. The normalized spacial score (nSPS) is 18.2. The molecule has 8 heteroatoms. The van der Waals surface area contributed by atoms with Gasteiger partial charge in [0.2, 0.25) is 0 Å². The van der Waals surface area contributed by atoms with Gasteiger partial charge in [-0.05, 0) is 44.0 Å². The van der Waals surface area contributed by atoms with Crippen LogP contribution in [0.1, 0.15) is 39.4 Å². The smallest absolute Gasteiger partial charge is 0.289 e. The van der Waals surface area contributed by atoms with Gasteiger partial charge in [0, 0.05) is 45.0 Å². The zero-order valence-corrected chi connectivity index (χ0v) is 16.6. The van der Waals surface area contributed by atoms with Gasteiger partial charge in [-0.1, -0.05) is 0 Å². The summed E-state index contributed by atoms with van der Waals surface area (Å²) in [5, 5.41) is 9.71. The Morgan fingerprint density at radius 2 is 1.69 bits per heavy atom. The third kappa shape index (κ3) is 4.12. The highest BCUT2D eigenvalue weighted by Crippen LogP contribution is 2.24. The van der Waals surface area contributed by atoms with E-state index in [1.165, 1.54) is 6.26 Å². The van der Waals surface area contributed by atoms with Gasteiger partial charge >= 0.3 is 0 Å². The molecule has 2 amide bonds. The zero-order chi connectivity index (χ0) is 20.4. The minimum absolute atomic E-state index is 0.0477. The average Bonchev–Trinajstić information content (AvgIpc) is 3.28. The van der Waals surface area contributed by atoms with Crippen molar-refractivity contribution in [2.24, 2.45) is 0 Å². The quantitative estimate of drug-likeness (QED) is 0.844. The number of piperidine rings is 1. The second-order valence-electron chi connectivity index (χ2n) is 7.60. The summed E-state index contributed by atoms with van der Waals surface area (Å²) in [4.78, 5) is 35.9. The highest BCUT2D eigenvalue weighted by atomic mass is 16.3. The summed E-state index contributed by atoms with van der Waals surface area (Å²) in [6.45, 7) is 5.30. The van der Waals surface area contributed by atoms with E-state index in [1.54, 1.807) is 21.9 Å². The molecule has 1 N–H and O–H groups in total. The number of aromatic nitrogens is 1. The van der Waals surface area contributed by atoms with E-state index in [0.29, 0.717) is 69.3 Å². The van der Waals surface area contributed by atoms with Gasteiger partial charge in [0.25, 0.3) is 11.8 Å². The molecule has 0 atom stereocenters. The molecule has 0 radical (unpaired) electrons. The second kappa shape index (κ2) is 8.24. The van der Waals surface area contributed by atoms with Gasteiger partial charge < -0.3 is 24.2 Å². The van der Waals surface area contributed by atoms with Gasteiger partial charge in [0.1, 0.15) is 5.82 Å². The van der Waals surface area contributed by atoms with Gasteiger partial charge in [0.05, 0.1) is 17.9 Å². The monoisotopic (exact) mass is 398 g/mol. The van der Waals surface area contributed by atoms with Crippen molar-refractivity contribution in [1.29, 1.82) is 0 Å². The standard InChI is InChI=1S/C21H26N4O4/c1-15-4-5-17(20(27)24-8-6-16(26)7-9-24)19(22-15)23-10-12-25(13-11-23)21(28)18-3-2-14-29-18/h2-5,14,16,26H,6-13H2,1H3. The molecule has 0 spiro atoms. The van der Waals surface area contributed by atoms with Crippen LogP contribution in [0.25, 0.3) is 0 Å². The first-order valence-corrected chi connectivity index (χ1v) is 10.1. The maximum atomic E-state index is 13.1. The fraction of sp³-hybridized carbons (Fsp3) is 0.476. The zero-order valence-electron chi connectivity index (χ0n) is 16.6. The molecule has 0 aliphatic carbocycles. The summed E-state index contributed by atoms with van der Waals surface area (Å²) in [6, 6.07) is 7.07. The Labute approximate surface area is 169 Å². The number of carbonyl (C=O) groups excluding carboxylic acids is 2. The van der Waals surface area contributed by atoms with Crippen molar-refractivity contribution in [3.63, 3.8) is 0 Å². The first kappa shape index (κ1) is 19.4. The fourth-order valence-electron chi connectivity index (χ4n) is 3.87. The summed E-state index contributed by atoms with van der Waals surface area (Å²) in [5.74, 6) is 0.852. The molecule has 154 valence electrons. The molecule has 0 saturated carbocycles. The lowest BCUT2D eigenvalue weighted by Gasteiger charge is -2.36. The molecule has 2 aliphatic rings. The maximum absolute atomic E-state index is 13.1. The van der Waals surface area contributed by atoms with Crippen LogP contribution in [0.2, 0.25) is 0 Å². The van der Waals surface area contributed by atoms with Gasteiger partial charge in [-0.25, -0.2) is 4.98 Å². The molecule has 2 aromatic rings. The third-order valence-corrected chi connectivity index (χ3v) is 5.59. The van der Waals surface area contributed by atoms with Crippen LogP contribution in [0.5, 0.6) is 0 Å². The number of hydrogen-bond donors (Lipinski definition) is 1. The number of aryl methyl sites for hydroxylation is 1. The first-order chi connectivity index (χ1) is 14.0. The van der Waals surface area contributed by atoms with E-state index in [-0.39, 0.29) is 17.9 Å². The SMILES string of the molecule is Cc1ccc(C(=O)N2CCC(O)CC2)c(N2CCN(C(=O)c3ccco3)CC2)n1. The largest absolute Gasteiger partial charge is 0.459 e. The van der Waals surface area contributed by atoms with E-state index in [4.69, 9.17) is 4.42 Å². The Kier molecular flexibility index (Phi) is 5.53. The van der Waals surface area contributed by atoms with Gasteiger partial charge in [-0.3, -0.25) is 9.59 Å². The molecule has 2 saturated heterocycles. The Bertz CT molecular complexity index is 867. The van der Waals surface area contributed by atoms with Gasteiger partial charge in [-0.15, -0.1) is 0 Å². The fourth-order valence-corrected chi connectivity index (χ4v) is 3.87. The highest BCUT2D eigenvalue weighted by Gasteiger charge is 2.29. The predicted molar refractivity (Wildman–Crippen MR) is 107 cm³/mol. The summed E-state index contributed by atoms with van der Waals surface area (Å²) in [7, 11) is 0. The van der Waals surface area contributed by atoms with Crippen molar-refractivity contribution in [3.05, 3.63) is 47.5 Å². The van der Waals surface area contributed by atoms with Crippen molar-refractivity contribution >= 4 is 17.6 Å². The van der Waals surface area contributed by atoms with Crippen LogP contribution in [-0.4, -0.2) is 77.1 Å². The van der Waals surface area contributed by atoms with Crippen LogP contribution in [0.15, 0.2) is 34.9 Å². The molecule has 4 rings (SSSR count). The molecule has 29 heavy (non-hydrogen) atoms. The number of hydrogen-bond acceptors (Lipinski definition) is 6. The van der Waals surface area contributed by atoms with Crippen molar-refractivity contribution < 1.29 is 19.1 Å². The number of aliphatic hydroxyl groups is 1. The molecule has 2 fully saturated rings. The van der Waals surface area contributed by atoms with Crippen LogP contribution in [0.3, 0.4) is 0 Å². The van der Waals surface area contributed by atoms with Crippen LogP contribution in [0.4, 0.5) is 5.82 Å². The summed E-state index contributed by atoms with van der Waals surface area (Å²) in [5.41, 5.74) is 1.43. The predicted octanol–water partition coefficient (Wildman–Crippen LogP) is 1.54. The first-order valence-electron chi connectivity index (χ1n) is 10.1. The number of pyridine rings is 1. The molecule has 4 heterocycles. The molecule has 0 unspecified atom stereocenters. The number of anilines is 1. The molecule has 2 aromatic heterocycles. The van der Waals surface area contributed by atoms with Crippen molar-refractivity contribution in [2.45, 2.75) is 25.9 Å². The number of piperazine rings is 1. The van der Waals surface area contributed by atoms with E-state index in [0.717, 1.165) is 5.69 Å². The molecular weight excluding hydrogens is 372 g/mol. The lowest BCUT2D eigenvalue weighted by Crippen LogP contribution is -2.49. The van der Waals surface area contributed by atoms with Crippen LogP contribution in [0, 0.1) is 6.92 Å². The average molecular weight is 398 g/mol. The number of rotatable bonds is 3. The topological polar surface area (TPSA) is 90.1 Å². The third-order valence-electron chi connectivity index (χ3n) is 5.59. The van der Waals surface area contributed by atoms with Crippen molar-refractivity contribution in [2.75, 3.05) is 44.2 Å².